The SMILES string of the molecule is O=C1OCCN(Cc2ccccc2)[C@@H]1c1ccc([N+](=O)[O-])cc1. The van der Waals surface area contributed by atoms with E-state index in [2.05, 4.69) is 0 Å². The Morgan fingerprint density at radius 1 is 1.13 bits per heavy atom. The minimum absolute atomic E-state index is 0.00698. The number of morpholine rings is 1. The lowest BCUT2D eigenvalue weighted by molar-refractivity contribution is -0.384. The second-order valence-electron chi connectivity index (χ2n) is 5.37. The highest BCUT2D eigenvalue weighted by Crippen LogP contribution is 2.28. The van der Waals surface area contributed by atoms with E-state index in [1.807, 2.05) is 35.2 Å². The van der Waals surface area contributed by atoms with E-state index in [4.69, 9.17) is 4.74 Å². The first kappa shape index (κ1) is 15.2. The quantitative estimate of drug-likeness (QED) is 0.493. The molecule has 2 aromatic carbocycles. The highest BCUT2D eigenvalue weighted by atomic mass is 16.6. The van der Waals surface area contributed by atoms with Crippen molar-refractivity contribution in [1.29, 1.82) is 0 Å². The fraction of sp³-hybridized carbons (Fsp3) is 0.235. The van der Waals surface area contributed by atoms with Crippen LogP contribution >= 0.6 is 0 Å². The Morgan fingerprint density at radius 3 is 2.48 bits per heavy atom. The minimum atomic E-state index is -0.537. The molecule has 0 amide bonds. The first-order valence-electron chi connectivity index (χ1n) is 7.34. The van der Waals surface area contributed by atoms with Crippen molar-refractivity contribution in [3.05, 3.63) is 75.8 Å². The van der Waals surface area contributed by atoms with Gasteiger partial charge in [-0.15, -0.1) is 0 Å². The first-order chi connectivity index (χ1) is 11.1. The molecular formula is C17H16N2O4. The summed E-state index contributed by atoms with van der Waals surface area (Å²) in [5.41, 5.74) is 1.82. The average Bonchev–Trinajstić information content (AvgIpc) is 2.56. The van der Waals surface area contributed by atoms with Crippen LogP contribution in [0.25, 0.3) is 0 Å². The summed E-state index contributed by atoms with van der Waals surface area (Å²) in [4.78, 5) is 24.6. The van der Waals surface area contributed by atoms with E-state index in [-0.39, 0.29) is 11.7 Å². The molecule has 1 fully saturated rings. The second-order valence-corrected chi connectivity index (χ2v) is 5.37. The van der Waals surface area contributed by atoms with Crippen LogP contribution in [0.1, 0.15) is 17.2 Å². The van der Waals surface area contributed by atoms with Crippen molar-refractivity contribution in [2.45, 2.75) is 12.6 Å². The van der Waals surface area contributed by atoms with E-state index in [1.54, 1.807) is 12.1 Å². The molecule has 0 aromatic heterocycles. The van der Waals surface area contributed by atoms with E-state index in [9.17, 15) is 14.9 Å². The van der Waals surface area contributed by atoms with Crippen molar-refractivity contribution in [3.63, 3.8) is 0 Å². The third kappa shape index (κ3) is 3.37. The molecular weight excluding hydrogens is 296 g/mol. The number of ether oxygens (including phenoxy) is 1. The molecule has 0 aliphatic carbocycles. The lowest BCUT2D eigenvalue weighted by atomic mass is 10.0. The van der Waals surface area contributed by atoms with Gasteiger partial charge in [-0.05, 0) is 11.1 Å². The Bertz CT molecular complexity index is 700. The average molecular weight is 312 g/mol. The summed E-state index contributed by atoms with van der Waals surface area (Å²) >= 11 is 0. The zero-order chi connectivity index (χ0) is 16.2. The van der Waals surface area contributed by atoms with Gasteiger partial charge in [0, 0.05) is 25.2 Å². The van der Waals surface area contributed by atoms with Crippen LogP contribution in [-0.2, 0) is 16.1 Å². The van der Waals surface area contributed by atoms with Gasteiger partial charge in [-0.25, -0.2) is 4.79 Å². The van der Waals surface area contributed by atoms with Gasteiger partial charge in [0.15, 0.2) is 0 Å². The van der Waals surface area contributed by atoms with Crippen LogP contribution in [0.4, 0.5) is 5.69 Å². The lowest BCUT2D eigenvalue weighted by Crippen LogP contribution is -2.42. The highest BCUT2D eigenvalue weighted by Gasteiger charge is 2.33. The van der Waals surface area contributed by atoms with Crippen molar-refractivity contribution >= 4 is 11.7 Å². The maximum atomic E-state index is 12.2. The molecule has 1 saturated heterocycles. The second kappa shape index (κ2) is 6.58. The maximum absolute atomic E-state index is 12.2. The van der Waals surface area contributed by atoms with Gasteiger partial charge in [-0.3, -0.25) is 15.0 Å². The molecule has 2 aromatic rings. The molecule has 0 bridgehead atoms. The zero-order valence-electron chi connectivity index (χ0n) is 12.4. The van der Waals surface area contributed by atoms with E-state index in [0.717, 1.165) is 5.56 Å². The summed E-state index contributed by atoms with van der Waals surface area (Å²) in [5, 5.41) is 10.8. The number of hydrogen-bond acceptors (Lipinski definition) is 5. The van der Waals surface area contributed by atoms with Crippen molar-refractivity contribution in [3.8, 4) is 0 Å². The summed E-state index contributed by atoms with van der Waals surface area (Å²) in [6, 6.07) is 15.4. The molecule has 6 heteroatoms. The topological polar surface area (TPSA) is 72.7 Å². The molecule has 0 saturated carbocycles. The van der Waals surface area contributed by atoms with Gasteiger partial charge >= 0.3 is 5.97 Å². The number of rotatable bonds is 4. The summed E-state index contributed by atoms with van der Waals surface area (Å²) < 4.78 is 5.18. The number of non-ortho nitro benzene ring substituents is 1. The summed E-state index contributed by atoms with van der Waals surface area (Å²) in [5.74, 6) is -0.318. The van der Waals surface area contributed by atoms with E-state index >= 15 is 0 Å². The number of nitro groups is 1. The monoisotopic (exact) mass is 312 g/mol. The number of nitrogens with zero attached hydrogens (tertiary/aromatic N) is 2. The Balaban J connectivity index is 1.86. The zero-order valence-corrected chi connectivity index (χ0v) is 12.4. The smallest absolute Gasteiger partial charge is 0.328 e. The fourth-order valence-electron chi connectivity index (χ4n) is 2.73. The van der Waals surface area contributed by atoms with Crippen molar-refractivity contribution in [1.82, 2.24) is 4.90 Å². The van der Waals surface area contributed by atoms with Crippen LogP contribution in [0.3, 0.4) is 0 Å². The standard InChI is InChI=1S/C17H16N2O4/c20-17-16(14-6-8-15(9-7-14)19(21)22)18(10-11-23-17)12-13-4-2-1-3-5-13/h1-9,16H,10-12H2/t16-/m1/s1. The number of hydrogen-bond donors (Lipinski definition) is 0. The Hall–Kier alpha value is -2.73. The van der Waals surface area contributed by atoms with E-state index < -0.39 is 11.0 Å². The third-order valence-corrected chi connectivity index (χ3v) is 3.86. The molecule has 23 heavy (non-hydrogen) atoms. The number of carbonyl (C=O) groups excluding carboxylic acids is 1. The molecule has 0 N–H and O–H groups in total. The maximum Gasteiger partial charge on any atom is 0.328 e. The summed E-state index contributed by atoms with van der Waals surface area (Å²) in [6.07, 6.45) is 0. The van der Waals surface area contributed by atoms with Crippen LogP contribution in [0.15, 0.2) is 54.6 Å². The van der Waals surface area contributed by atoms with Gasteiger partial charge in [-0.1, -0.05) is 42.5 Å². The summed E-state index contributed by atoms with van der Waals surface area (Å²) in [7, 11) is 0. The molecule has 3 rings (SSSR count). The minimum Gasteiger partial charge on any atom is -0.463 e. The molecule has 118 valence electrons. The van der Waals surface area contributed by atoms with Gasteiger partial charge in [0.05, 0.1) is 4.92 Å². The van der Waals surface area contributed by atoms with Crippen LogP contribution < -0.4 is 0 Å². The Morgan fingerprint density at radius 2 is 1.83 bits per heavy atom. The molecule has 0 spiro atoms. The van der Waals surface area contributed by atoms with Crippen molar-refractivity contribution < 1.29 is 14.5 Å². The van der Waals surface area contributed by atoms with Crippen LogP contribution in [0.5, 0.6) is 0 Å². The fourth-order valence-corrected chi connectivity index (χ4v) is 2.73. The Kier molecular flexibility index (Phi) is 4.34. The van der Waals surface area contributed by atoms with Crippen LogP contribution in [-0.4, -0.2) is 28.9 Å². The predicted molar refractivity (Wildman–Crippen MR) is 83.6 cm³/mol. The van der Waals surface area contributed by atoms with Gasteiger partial charge in [0.2, 0.25) is 0 Å². The van der Waals surface area contributed by atoms with Crippen molar-refractivity contribution in [2.24, 2.45) is 0 Å². The number of carbonyl (C=O) groups is 1. The van der Waals surface area contributed by atoms with E-state index in [0.29, 0.717) is 25.3 Å². The predicted octanol–water partition coefficient (Wildman–Crippen LogP) is 2.69. The molecule has 1 atom stereocenters. The number of benzene rings is 2. The molecule has 0 unspecified atom stereocenters. The number of cyclic esters (lactones) is 1. The van der Waals surface area contributed by atoms with E-state index in [1.165, 1.54) is 12.1 Å². The van der Waals surface area contributed by atoms with Gasteiger partial charge in [-0.2, -0.15) is 0 Å². The van der Waals surface area contributed by atoms with Gasteiger partial charge in [0.25, 0.3) is 5.69 Å². The lowest BCUT2D eigenvalue weighted by Gasteiger charge is -2.34. The number of nitro benzene ring substituents is 1. The summed E-state index contributed by atoms with van der Waals surface area (Å²) in [6.45, 7) is 1.61. The highest BCUT2D eigenvalue weighted by molar-refractivity contribution is 5.78. The number of esters is 1. The normalized spacial score (nSPS) is 18.4. The van der Waals surface area contributed by atoms with Crippen LogP contribution in [0, 0.1) is 10.1 Å². The largest absolute Gasteiger partial charge is 0.463 e. The van der Waals surface area contributed by atoms with Gasteiger partial charge in [0.1, 0.15) is 12.6 Å². The third-order valence-electron chi connectivity index (χ3n) is 3.86. The van der Waals surface area contributed by atoms with Crippen molar-refractivity contribution in [2.75, 3.05) is 13.2 Å². The molecule has 1 heterocycles. The first-order valence-corrected chi connectivity index (χ1v) is 7.34. The molecule has 1 aliphatic heterocycles. The molecule has 0 radical (unpaired) electrons. The molecule has 6 nitrogen and oxygen atoms in total. The molecule has 1 aliphatic rings. The van der Waals surface area contributed by atoms with Crippen LogP contribution in [0.2, 0.25) is 0 Å². The Labute approximate surface area is 133 Å². The van der Waals surface area contributed by atoms with Gasteiger partial charge < -0.3 is 4.74 Å².